The molecular formula is C15H19N3O3. The number of anilines is 1. The lowest BCUT2D eigenvalue weighted by Gasteiger charge is -2.10. The highest BCUT2D eigenvalue weighted by Gasteiger charge is 2.04. The molecule has 1 aromatic heterocycles. The van der Waals surface area contributed by atoms with Gasteiger partial charge in [0.05, 0.1) is 21.3 Å². The molecule has 6 heteroatoms. The Morgan fingerprint density at radius 1 is 0.952 bits per heavy atom. The Morgan fingerprint density at radius 2 is 1.76 bits per heavy atom. The van der Waals surface area contributed by atoms with Gasteiger partial charge in [0.25, 0.3) is 0 Å². The Labute approximate surface area is 124 Å². The highest BCUT2D eigenvalue weighted by Crippen LogP contribution is 2.27. The summed E-state index contributed by atoms with van der Waals surface area (Å²) in [6.45, 7) is 0.746. The van der Waals surface area contributed by atoms with Crippen LogP contribution in [0.1, 0.15) is 5.56 Å². The van der Waals surface area contributed by atoms with Crippen LogP contribution in [-0.2, 0) is 6.42 Å². The molecule has 2 rings (SSSR count). The average Bonchev–Trinajstić information content (AvgIpc) is 2.55. The quantitative estimate of drug-likeness (QED) is 0.842. The molecule has 1 heterocycles. The molecule has 0 saturated carbocycles. The summed E-state index contributed by atoms with van der Waals surface area (Å²) in [5.41, 5.74) is 1.15. The number of aromatic nitrogens is 2. The lowest BCUT2D eigenvalue weighted by molar-refractivity contribution is 0.354. The fourth-order valence-corrected chi connectivity index (χ4v) is 1.92. The molecule has 0 saturated heterocycles. The van der Waals surface area contributed by atoms with E-state index in [1.807, 2.05) is 18.2 Å². The summed E-state index contributed by atoms with van der Waals surface area (Å²) in [7, 11) is 4.84. The van der Waals surface area contributed by atoms with Gasteiger partial charge in [-0.15, -0.1) is 0 Å². The van der Waals surface area contributed by atoms with Gasteiger partial charge in [0.1, 0.15) is 12.1 Å². The predicted molar refractivity (Wildman–Crippen MR) is 80.3 cm³/mol. The fourth-order valence-electron chi connectivity index (χ4n) is 1.92. The van der Waals surface area contributed by atoms with E-state index in [0.717, 1.165) is 35.8 Å². The van der Waals surface area contributed by atoms with E-state index in [1.165, 1.54) is 6.33 Å². The van der Waals surface area contributed by atoms with Crippen molar-refractivity contribution in [1.29, 1.82) is 0 Å². The Kier molecular flexibility index (Phi) is 5.20. The first-order chi connectivity index (χ1) is 10.3. The van der Waals surface area contributed by atoms with Crippen LogP contribution in [0.3, 0.4) is 0 Å². The summed E-state index contributed by atoms with van der Waals surface area (Å²) in [4.78, 5) is 8.09. The largest absolute Gasteiger partial charge is 0.493 e. The van der Waals surface area contributed by atoms with E-state index in [1.54, 1.807) is 27.4 Å². The van der Waals surface area contributed by atoms with Gasteiger partial charge in [-0.1, -0.05) is 6.07 Å². The van der Waals surface area contributed by atoms with Crippen LogP contribution in [0.5, 0.6) is 17.4 Å². The van der Waals surface area contributed by atoms with Gasteiger partial charge < -0.3 is 19.5 Å². The molecule has 112 valence electrons. The molecule has 0 radical (unpaired) electrons. The number of nitrogens with zero attached hydrogens (tertiary/aromatic N) is 2. The summed E-state index contributed by atoms with van der Waals surface area (Å²) >= 11 is 0. The van der Waals surface area contributed by atoms with Gasteiger partial charge >= 0.3 is 0 Å². The van der Waals surface area contributed by atoms with Crippen molar-refractivity contribution in [3.63, 3.8) is 0 Å². The zero-order valence-corrected chi connectivity index (χ0v) is 12.4. The van der Waals surface area contributed by atoms with Crippen molar-refractivity contribution < 1.29 is 14.2 Å². The molecule has 0 fully saturated rings. The van der Waals surface area contributed by atoms with Crippen LogP contribution in [0.2, 0.25) is 0 Å². The van der Waals surface area contributed by atoms with E-state index >= 15 is 0 Å². The molecule has 0 atom stereocenters. The van der Waals surface area contributed by atoms with Gasteiger partial charge in [0.2, 0.25) is 5.88 Å². The fraction of sp³-hybridized carbons (Fsp3) is 0.333. The van der Waals surface area contributed by atoms with Gasteiger partial charge in [-0.2, -0.15) is 0 Å². The summed E-state index contributed by atoms with van der Waals surface area (Å²) in [5.74, 6) is 2.74. The number of rotatable bonds is 7. The first-order valence-corrected chi connectivity index (χ1v) is 6.57. The molecule has 21 heavy (non-hydrogen) atoms. The highest BCUT2D eigenvalue weighted by molar-refractivity contribution is 5.43. The maximum Gasteiger partial charge on any atom is 0.218 e. The van der Waals surface area contributed by atoms with Crippen LogP contribution in [-0.4, -0.2) is 37.8 Å². The minimum atomic E-state index is 0.540. The number of methoxy groups -OCH3 is 3. The van der Waals surface area contributed by atoms with Crippen molar-refractivity contribution in [2.24, 2.45) is 0 Å². The molecular weight excluding hydrogens is 270 g/mol. The van der Waals surface area contributed by atoms with Crippen molar-refractivity contribution in [3.05, 3.63) is 36.2 Å². The smallest absolute Gasteiger partial charge is 0.218 e. The van der Waals surface area contributed by atoms with E-state index in [-0.39, 0.29) is 0 Å². The number of hydrogen-bond donors (Lipinski definition) is 1. The predicted octanol–water partition coefficient (Wildman–Crippen LogP) is 2.16. The van der Waals surface area contributed by atoms with Crippen molar-refractivity contribution in [3.8, 4) is 17.4 Å². The Balaban J connectivity index is 1.93. The van der Waals surface area contributed by atoms with Gasteiger partial charge in [-0.05, 0) is 24.1 Å². The number of hydrogen-bond acceptors (Lipinski definition) is 6. The van der Waals surface area contributed by atoms with Crippen molar-refractivity contribution in [2.75, 3.05) is 33.2 Å². The minimum absolute atomic E-state index is 0.540. The van der Waals surface area contributed by atoms with Crippen LogP contribution in [0.15, 0.2) is 30.6 Å². The lowest BCUT2D eigenvalue weighted by atomic mass is 10.1. The maximum absolute atomic E-state index is 5.29. The second-order valence-electron chi connectivity index (χ2n) is 4.31. The SMILES string of the molecule is COc1cc(NCCc2ccc(OC)c(OC)c2)ncn1. The van der Waals surface area contributed by atoms with Crippen LogP contribution >= 0.6 is 0 Å². The molecule has 0 bridgehead atoms. The minimum Gasteiger partial charge on any atom is -0.493 e. The second-order valence-corrected chi connectivity index (χ2v) is 4.31. The third-order valence-corrected chi connectivity index (χ3v) is 3.02. The molecule has 0 unspecified atom stereocenters. The zero-order chi connectivity index (χ0) is 15.1. The van der Waals surface area contributed by atoms with Crippen LogP contribution in [0.4, 0.5) is 5.82 Å². The number of ether oxygens (including phenoxy) is 3. The normalized spacial score (nSPS) is 10.0. The Bertz CT molecular complexity index is 590. The molecule has 6 nitrogen and oxygen atoms in total. The molecule has 1 aromatic carbocycles. The third-order valence-electron chi connectivity index (χ3n) is 3.02. The summed E-state index contributed by atoms with van der Waals surface area (Å²) in [6, 6.07) is 7.65. The molecule has 0 spiro atoms. The standard InChI is InChI=1S/C15H19N3O3/c1-19-12-5-4-11(8-13(12)20-2)6-7-16-14-9-15(21-3)18-10-17-14/h4-5,8-10H,6-7H2,1-3H3,(H,16,17,18). The van der Waals surface area contributed by atoms with E-state index < -0.39 is 0 Å². The van der Waals surface area contributed by atoms with Gasteiger partial charge in [-0.25, -0.2) is 9.97 Å². The topological polar surface area (TPSA) is 65.5 Å². The molecule has 0 aliphatic heterocycles. The Morgan fingerprint density at radius 3 is 2.48 bits per heavy atom. The van der Waals surface area contributed by atoms with Crippen LogP contribution in [0, 0.1) is 0 Å². The van der Waals surface area contributed by atoms with Crippen LogP contribution in [0.25, 0.3) is 0 Å². The summed E-state index contributed by atoms with van der Waals surface area (Å²) in [6.07, 6.45) is 2.31. The van der Waals surface area contributed by atoms with E-state index in [2.05, 4.69) is 15.3 Å². The van der Waals surface area contributed by atoms with Gasteiger partial charge in [0.15, 0.2) is 11.5 Å². The average molecular weight is 289 g/mol. The van der Waals surface area contributed by atoms with Crippen molar-refractivity contribution in [1.82, 2.24) is 9.97 Å². The highest BCUT2D eigenvalue weighted by atomic mass is 16.5. The molecule has 0 amide bonds. The van der Waals surface area contributed by atoms with Crippen molar-refractivity contribution >= 4 is 5.82 Å². The first kappa shape index (κ1) is 14.9. The van der Waals surface area contributed by atoms with Gasteiger partial charge in [-0.3, -0.25) is 0 Å². The number of nitrogens with one attached hydrogen (secondary N) is 1. The van der Waals surface area contributed by atoms with E-state index in [4.69, 9.17) is 14.2 Å². The molecule has 0 aliphatic carbocycles. The zero-order valence-electron chi connectivity index (χ0n) is 12.4. The van der Waals surface area contributed by atoms with E-state index in [0.29, 0.717) is 5.88 Å². The lowest BCUT2D eigenvalue weighted by Crippen LogP contribution is -2.07. The Hall–Kier alpha value is -2.50. The monoisotopic (exact) mass is 289 g/mol. The summed E-state index contributed by atoms with van der Waals surface area (Å²) in [5, 5.41) is 3.23. The van der Waals surface area contributed by atoms with Crippen LogP contribution < -0.4 is 19.5 Å². The summed E-state index contributed by atoms with van der Waals surface area (Å²) < 4.78 is 15.6. The third kappa shape index (κ3) is 3.98. The molecule has 0 aliphatic rings. The second kappa shape index (κ2) is 7.33. The maximum atomic E-state index is 5.29. The van der Waals surface area contributed by atoms with E-state index in [9.17, 15) is 0 Å². The molecule has 1 N–H and O–H groups in total. The first-order valence-electron chi connectivity index (χ1n) is 6.57. The van der Waals surface area contributed by atoms with Gasteiger partial charge in [0, 0.05) is 12.6 Å². The molecule has 2 aromatic rings. The number of benzene rings is 1. The van der Waals surface area contributed by atoms with Crippen molar-refractivity contribution in [2.45, 2.75) is 6.42 Å².